The molecule has 0 saturated carbocycles. The highest BCUT2D eigenvalue weighted by molar-refractivity contribution is 7.89. The Morgan fingerprint density at radius 2 is 2.10 bits per heavy atom. The van der Waals surface area contributed by atoms with Gasteiger partial charge in [0.15, 0.2) is 0 Å². The molecule has 1 aliphatic rings. The van der Waals surface area contributed by atoms with Crippen LogP contribution in [0.5, 0.6) is 0 Å². The maximum Gasteiger partial charge on any atom is 0.335 e. The standard InChI is InChI=1S/C14H19NO5S/c1-9-6-11(14(16)17)7-13(10(9)2)21(18,19)15-12-4-3-5-20-8-12/h6-7,12,15H,3-5,8H2,1-2H3,(H,16,17). The number of rotatable bonds is 4. The van der Waals surface area contributed by atoms with Crippen molar-refractivity contribution in [1.29, 1.82) is 0 Å². The molecule has 1 unspecified atom stereocenters. The van der Waals surface area contributed by atoms with Crippen molar-refractivity contribution in [3.05, 3.63) is 28.8 Å². The summed E-state index contributed by atoms with van der Waals surface area (Å²) in [5.74, 6) is -1.14. The molecule has 0 amide bonds. The van der Waals surface area contributed by atoms with Crippen molar-refractivity contribution < 1.29 is 23.1 Å². The smallest absolute Gasteiger partial charge is 0.335 e. The Balaban J connectivity index is 2.36. The summed E-state index contributed by atoms with van der Waals surface area (Å²) >= 11 is 0. The Kier molecular flexibility index (Phi) is 4.65. The molecule has 0 radical (unpaired) electrons. The van der Waals surface area contributed by atoms with Gasteiger partial charge in [-0.1, -0.05) is 0 Å². The van der Waals surface area contributed by atoms with Crippen molar-refractivity contribution in [2.45, 2.75) is 37.6 Å². The molecule has 2 N–H and O–H groups in total. The van der Waals surface area contributed by atoms with Crippen LogP contribution in [0.25, 0.3) is 0 Å². The van der Waals surface area contributed by atoms with Crippen molar-refractivity contribution in [2.24, 2.45) is 0 Å². The van der Waals surface area contributed by atoms with Gasteiger partial charge in [0.05, 0.1) is 17.1 Å². The average Bonchev–Trinajstić information content (AvgIpc) is 2.41. The van der Waals surface area contributed by atoms with E-state index in [1.165, 1.54) is 12.1 Å². The molecule has 1 saturated heterocycles. The molecule has 0 aromatic heterocycles. The number of hydrogen-bond acceptors (Lipinski definition) is 4. The van der Waals surface area contributed by atoms with Crippen LogP contribution in [0.15, 0.2) is 17.0 Å². The highest BCUT2D eigenvalue weighted by atomic mass is 32.2. The summed E-state index contributed by atoms with van der Waals surface area (Å²) in [5.41, 5.74) is 1.16. The molecule has 1 atom stereocenters. The first kappa shape index (κ1) is 15.9. The largest absolute Gasteiger partial charge is 0.478 e. The third-order valence-electron chi connectivity index (χ3n) is 3.64. The van der Waals surface area contributed by atoms with E-state index in [2.05, 4.69) is 4.72 Å². The molecule has 1 aromatic carbocycles. The van der Waals surface area contributed by atoms with Gasteiger partial charge in [-0.25, -0.2) is 17.9 Å². The van der Waals surface area contributed by atoms with E-state index >= 15 is 0 Å². The number of carboxylic acids is 1. The molecular formula is C14H19NO5S. The zero-order valence-electron chi connectivity index (χ0n) is 12.0. The number of nitrogens with one attached hydrogen (secondary N) is 1. The number of sulfonamides is 1. The summed E-state index contributed by atoms with van der Waals surface area (Å²) in [7, 11) is -3.76. The highest BCUT2D eigenvalue weighted by Gasteiger charge is 2.25. The van der Waals surface area contributed by atoms with Crippen molar-refractivity contribution in [1.82, 2.24) is 4.72 Å². The average molecular weight is 313 g/mol. The molecule has 6 nitrogen and oxygen atoms in total. The quantitative estimate of drug-likeness (QED) is 0.878. The minimum Gasteiger partial charge on any atom is -0.478 e. The minimum absolute atomic E-state index is 0.0190. The van der Waals surface area contributed by atoms with Gasteiger partial charge in [0.25, 0.3) is 0 Å². The van der Waals surface area contributed by atoms with E-state index in [1.807, 2.05) is 0 Å². The zero-order chi connectivity index (χ0) is 15.6. The molecule has 7 heteroatoms. The van der Waals surface area contributed by atoms with E-state index < -0.39 is 16.0 Å². The SMILES string of the molecule is Cc1cc(C(=O)O)cc(S(=O)(=O)NC2CCCOC2)c1C. The highest BCUT2D eigenvalue weighted by Crippen LogP contribution is 2.22. The van der Waals surface area contributed by atoms with Gasteiger partial charge >= 0.3 is 5.97 Å². The molecule has 21 heavy (non-hydrogen) atoms. The van der Waals surface area contributed by atoms with Gasteiger partial charge in [-0.15, -0.1) is 0 Å². The van der Waals surface area contributed by atoms with Gasteiger partial charge in [0, 0.05) is 12.6 Å². The summed E-state index contributed by atoms with van der Waals surface area (Å²) < 4.78 is 32.8. The fraction of sp³-hybridized carbons (Fsp3) is 0.500. The van der Waals surface area contributed by atoms with Crippen LogP contribution in [0.2, 0.25) is 0 Å². The molecule has 0 spiro atoms. The normalized spacial score (nSPS) is 19.4. The van der Waals surface area contributed by atoms with Gasteiger partial charge in [0.1, 0.15) is 0 Å². The summed E-state index contributed by atoms with van der Waals surface area (Å²) in [5, 5.41) is 9.08. The molecule has 0 aliphatic carbocycles. The number of carbonyl (C=O) groups is 1. The predicted octanol–water partition coefficient (Wildman–Crippen LogP) is 1.46. The van der Waals surface area contributed by atoms with Gasteiger partial charge in [-0.3, -0.25) is 0 Å². The summed E-state index contributed by atoms with van der Waals surface area (Å²) in [6.07, 6.45) is 1.52. The Bertz CT molecular complexity index is 648. The second-order valence-electron chi connectivity index (χ2n) is 5.26. The van der Waals surface area contributed by atoms with Crippen LogP contribution in [0, 0.1) is 13.8 Å². The van der Waals surface area contributed by atoms with Crippen LogP contribution < -0.4 is 4.72 Å². The first-order valence-electron chi connectivity index (χ1n) is 6.76. The monoisotopic (exact) mass is 313 g/mol. The molecule has 0 bridgehead atoms. The Labute approximate surface area is 124 Å². The predicted molar refractivity (Wildman–Crippen MR) is 77.0 cm³/mol. The summed E-state index contributed by atoms with van der Waals surface area (Å²) in [6.45, 7) is 4.36. The van der Waals surface area contributed by atoms with Crippen molar-refractivity contribution in [3.63, 3.8) is 0 Å². The third kappa shape index (κ3) is 3.61. The Morgan fingerprint density at radius 1 is 1.38 bits per heavy atom. The number of hydrogen-bond donors (Lipinski definition) is 2. The van der Waals surface area contributed by atoms with Gasteiger partial charge in [-0.05, 0) is 49.9 Å². The third-order valence-corrected chi connectivity index (χ3v) is 5.28. The summed E-state index contributed by atoms with van der Waals surface area (Å²) in [4.78, 5) is 11.1. The number of carboxylic acid groups (broad SMARTS) is 1. The lowest BCUT2D eigenvalue weighted by molar-refractivity contribution is 0.0696. The summed E-state index contributed by atoms with van der Waals surface area (Å²) in [6, 6.07) is 2.41. The molecule has 2 rings (SSSR count). The van der Waals surface area contributed by atoms with E-state index in [9.17, 15) is 13.2 Å². The number of ether oxygens (including phenoxy) is 1. The first-order valence-corrected chi connectivity index (χ1v) is 8.24. The maximum atomic E-state index is 12.5. The fourth-order valence-electron chi connectivity index (χ4n) is 2.35. The minimum atomic E-state index is -3.76. The zero-order valence-corrected chi connectivity index (χ0v) is 12.9. The Hall–Kier alpha value is -1.44. The lowest BCUT2D eigenvalue weighted by Gasteiger charge is -2.23. The van der Waals surface area contributed by atoms with Crippen molar-refractivity contribution in [2.75, 3.05) is 13.2 Å². The van der Waals surface area contributed by atoms with Crippen LogP contribution in [0.3, 0.4) is 0 Å². The van der Waals surface area contributed by atoms with Crippen LogP contribution >= 0.6 is 0 Å². The van der Waals surface area contributed by atoms with E-state index in [4.69, 9.17) is 9.84 Å². The number of aromatic carboxylic acids is 1. The van der Waals surface area contributed by atoms with Crippen LogP contribution in [-0.4, -0.2) is 38.7 Å². The number of aryl methyl sites for hydroxylation is 1. The topological polar surface area (TPSA) is 92.7 Å². The molecule has 1 aromatic rings. The van der Waals surface area contributed by atoms with Crippen molar-refractivity contribution >= 4 is 16.0 Å². The number of benzene rings is 1. The molecule has 116 valence electrons. The fourth-order valence-corrected chi connectivity index (χ4v) is 3.94. The Morgan fingerprint density at radius 3 is 2.67 bits per heavy atom. The molecular weight excluding hydrogens is 294 g/mol. The molecule has 1 heterocycles. The molecule has 1 aliphatic heterocycles. The van der Waals surface area contributed by atoms with Crippen LogP contribution in [-0.2, 0) is 14.8 Å². The molecule has 1 fully saturated rings. The van der Waals surface area contributed by atoms with Gasteiger partial charge < -0.3 is 9.84 Å². The van der Waals surface area contributed by atoms with E-state index in [-0.39, 0.29) is 16.5 Å². The lowest BCUT2D eigenvalue weighted by atomic mass is 10.1. The first-order chi connectivity index (χ1) is 9.81. The van der Waals surface area contributed by atoms with Gasteiger partial charge in [0.2, 0.25) is 10.0 Å². The second kappa shape index (κ2) is 6.13. The van der Waals surface area contributed by atoms with Crippen LogP contribution in [0.1, 0.15) is 34.3 Å². The van der Waals surface area contributed by atoms with E-state index in [1.54, 1.807) is 13.8 Å². The van der Waals surface area contributed by atoms with E-state index in [0.717, 1.165) is 12.8 Å². The van der Waals surface area contributed by atoms with Crippen molar-refractivity contribution in [3.8, 4) is 0 Å². The van der Waals surface area contributed by atoms with Crippen LogP contribution in [0.4, 0.5) is 0 Å². The second-order valence-corrected chi connectivity index (χ2v) is 6.94. The van der Waals surface area contributed by atoms with Gasteiger partial charge in [-0.2, -0.15) is 0 Å². The lowest BCUT2D eigenvalue weighted by Crippen LogP contribution is -2.40. The maximum absolute atomic E-state index is 12.5. The van der Waals surface area contributed by atoms with E-state index in [0.29, 0.717) is 24.3 Å².